The van der Waals surface area contributed by atoms with Gasteiger partial charge in [0.1, 0.15) is 5.75 Å². The van der Waals surface area contributed by atoms with E-state index in [-0.39, 0.29) is 23.5 Å². The molecule has 138 valence electrons. The second kappa shape index (κ2) is 7.12. The minimum Gasteiger partial charge on any atom is -0.416 e. The largest absolute Gasteiger partial charge is 0.431 e. The van der Waals surface area contributed by atoms with Gasteiger partial charge in [0, 0.05) is 6.07 Å². The molecule has 1 atom stereocenters. The van der Waals surface area contributed by atoms with E-state index < -0.39 is 12.5 Å². The highest BCUT2D eigenvalue weighted by molar-refractivity contribution is 7.54. The van der Waals surface area contributed by atoms with Crippen molar-refractivity contribution in [1.29, 1.82) is 0 Å². The van der Waals surface area contributed by atoms with Crippen LogP contribution in [0.1, 0.15) is 29.5 Å². The number of nitro groups is 1. The molecule has 1 saturated carbocycles. The fourth-order valence-electron chi connectivity index (χ4n) is 2.80. The van der Waals surface area contributed by atoms with E-state index in [9.17, 15) is 14.7 Å². The van der Waals surface area contributed by atoms with Crippen molar-refractivity contribution in [1.82, 2.24) is 0 Å². The molecule has 6 nitrogen and oxygen atoms in total. The summed E-state index contributed by atoms with van der Waals surface area (Å²) in [7, 11) is -3.60. The summed E-state index contributed by atoms with van der Waals surface area (Å²) >= 11 is 0. The zero-order valence-electron chi connectivity index (χ0n) is 15.1. The first-order valence-electron chi connectivity index (χ1n) is 8.57. The monoisotopic (exact) mass is 375 g/mol. The quantitative estimate of drug-likeness (QED) is 0.358. The lowest BCUT2D eigenvalue weighted by Crippen LogP contribution is -2.09. The molecule has 0 aliphatic heterocycles. The molecular formula is C19H22NO5P. The third-order valence-electron chi connectivity index (χ3n) is 4.36. The fourth-order valence-corrected chi connectivity index (χ4v) is 5.00. The van der Waals surface area contributed by atoms with Crippen molar-refractivity contribution in [2.45, 2.75) is 33.6 Å². The smallest absolute Gasteiger partial charge is 0.416 e. The molecular weight excluding hydrogens is 353 g/mol. The minimum absolute atomic E-state index is 0.0197. The zero-order chi connectivity index (χ0) is 18.9. The third-order valence-corrected chi connectivity index (χ3v) is 6.26. The summed E-state index contributed by atoms with van der Waals surface area (Å²) in [5, 5.41) is 11.3. The number of rotatable bonds is 7. The lowest BCUT2D eigenvalue weighted by molar-refractivity contribution is -0.385. The Morgan fingerprint density at radius 1 is 1.12 bits per heavy atom. The predicted molar refractivity (Wildman–Crippen MR) is 100 cm³/mol. The summed E-state index contributed by atoms with van der Waals surface area (Å²) in [6.45, 7) is 5.54. The molecule has 3 rings (SSSR count). The van der Waals surface area contributed by atoms with E-state index >= 15 is 0 Å². The highest BCUT2D eigenvalue weighted by Crippen LogP contribution is 2.56. The molecule has 0 amide bonds. The lowest BCUT2D eigenvalue weighted by atomic mass is 10.1. The van der Waals surface area contributed by atoms with Gasteiger partial charge in [-0.1, -0.05) is 29.8 Å². The Labute approximate surface area is 152 Å². The molecule has 0 spiro atoms. The third kappa shape index (κ3) is 4.25. The van der Waals surface area contributed by atoms with E-state index in [0.29, 0.717) is 11.3 Å². The zero-order valence-corrected chi connectivity index (χ0v) is 16.0. The number of nitro benzene ring substituents is 1. The summed E-state index contributed by atoms with van der Waals surface area (Å²) in [4.78, 5) is 10.8. The first-order chi connectivity index (χ1) is 12.3. The maximum Gasteiger partial charge on any atom is 0.431 e. The van der Waals surface area contributed by atoms with E-state index in [1.54, 1.807) is 25.1 Å². The van der Waals surface area contributed by atoms with Crippen LogP contribution in [-0.2, 0) is 4.57 Å². The van der Waals surface area contributed by atoms with E-state index in [0.717, 1.165) is 24.0 Å². The Balaban J connectivity index is 1.96. The van der Waals surface area contributed by atoms with Crippen LogP contribution < -0.4 is 9.05 Å². The number of hydrogen-bond donors (Lipinski definition) is 0. The Hall–Kier alpha value is -2.33. The van der Waals surface area contributed by atoms with Gasteiger partial charge >= 0.3 is 13.3 Å². The van der Waals surface area contributed by atoms with Crippen molar-refractivity contribution < 1.29 is 18.5 Å². The summed E-state index contributed by atoms with van der Waals surface area (Å²) in [5.41, 5.74) is 2.27. The van der Waals surface area contributed by atoms with Crippen LogP contribution in [0.4, 0.5) is 5.69 Å². The molecule has 0 unspecified atom stereocenters. The molecule has 0 heterocycles. The van der Waals surface area contributed by atoms with Gasteiger partial charge in [-0.3, -0.25) is 10.1 Å². The topological polar surface area (TPSA) is 78.7 Å². The average molecular weight is 375 g/mol. The molecule has 0 radical (unpaired) electrons. The van der Waals surface area contributed by atoms with E-state index in [1.807, 2.05) is 26.0 Å². The molecule has 1 aliphatic rings. The highest BCUT2D eigenvalue weighted by Gasteiger charge is 2.39. The first kappa shape index (κ1) is 18.5. The normalized spacial score (nSPS) is 16.0. The lowest BCUT2D eigenvalue weighted by Gasteiger charge is -2.22. The Kier molecular flexibility index (Phi) is 5.05. The van der Waals surface area contributed by atoms with Crippen molar-refractivity contribution in [2.24, 2.45) is 5.92 Å². The molecule has 0 saturated heterocycles. The highest BCUT2D eigenvalue weighted by atomic mass is 31.2. The summed E-state index contributed by atoms with van der Waals surface area (Å²) in [6.07, 6.45) is 2.20. The van der Waals surface area contributed by atoms with Gasteiger partial charge in [0.25, 0.3) is 0 Å². The first-order valence-corrected chi connectivity index (χ1v) is 10.3. The number of nitrogens with zero attached hydrogens (tertiary/aromatic N) is 1. The van der Waals surface area contributed by atoms with Crippen LogP contribution in [0.2, 0.25) is 0 Å². The average Bonchev–Trinajstić information content (AvgIpc) is 3.35. The summed E-state index contributed by atoms with van der Waals surface area (Å²) < 4.78 is 25.1. The van der Waals surface area contributed by atoms with Crippen molar-refractivity contribution >= 4 is 13.3 Å². The summed E-state index contributed by atoms with van der Waals surface area (Å²) in [6, 6.07) is 10.2. The Morgan fingerprint density at radius 2 is 1.85 bits per heavy atom. The van der Waals surface area contributed by atoms with E-state index in [1.165, 1.54) is 6.07 Å². The van der Waals surface area contributed by atoms with Crippen LogP contribution in [0.5, 0.6) is 11.5 Å². The van der Waals surface area contributed by atoms with Crippen LogP contribution in [0.15, 0.2) is 36.4 Å². The van der Waals surface area contributed by atoms with Crippen molar-refractivity contribution in [3.05, 3.63) is 63.2 Å². The maximum absolute atomic E-state index is 13.5. The molecule has 2 aromatic carbocycles. The van der Waals surface area contributed by atoms with E-state index in [4.69, 9.17) is 9.05 Å². The van der Waals surface area contributed by atoms with Crippen LogP contribution in [0.3, 0.4) is 0 Å². The van der Waals surface area contributed by atoms with Gasteiger partial charge in [-0.2, -0.15) is 0 Å². The van der Waals surface area contributed by atoms with Crippen molar-refractivity contribution in [2.75, 3.05) is 6.16 Å². The van der Waals surface area contributed by atoms with Gasteiger partial charge in [0.2, 0.25) is 5.75 Å². The molecule has 7 heteroatoms. The summed E-state index contributed by atoms with van der Waals surface area (Å²) in [5.74, 6) is 0.775. The number of hydrogen-bond acceptors (Lipinski definition) is 5. The van der Waals surface area contributed by atoms with Gasteiger partial charge < -0.3 is 9.05 Å². The van der Waals surface area contributed by atoms with Crippen LogP contribution in [0, 0.1) is 36.8 Å². The number of aryl methyl sites for hydroxylation is 3. The van der Waals surface area contributed by atoms with Gasteiger partial charge in [0.05, 0.1) is 11.1 Å². The Bertz CT molecular complexity index is 891. The second-order valence-electron chi connectivity index (χ2n) is 6.87. The molecule has 26 heavy (non-hydrogen) atoms. The van der Waals surface area contributed by atoms with E-state index in [2.05, 4.69) is 0 Å². The van der Waals surface area contributed by atoms with Gasteiger partial charge in [-0.05, 0) is 56.7 Å². The molecule has 2 aromatic rings. The van der Waals surface area contributed by atoms with Crippen LogP contribution in [0.25, 0.3) is 0 Å². The number of para-hydroxylation sites is 1. The fraction of sp³-hybridized carbons (Fsp3) is 0.368. The molecule has 0 aromatic heterocycles. The molecule has 0 bridgehead atoms. The van der Waals surface area contributed by atoms with Crippen LogP contribution >= 0.6 is 7.60 Å². The predicted octanol–water partition coefficient (Wildman–Crippen LogP) is 5.58. The maximum atomic E-state index is 13.5. The second-order valence-corrected chi connectivity index (χ2v) is 8.82. The van der Waals surface area contributed by atoms with Crippen LogP contribution in [-0.4, -0.2) is 11.1 Å². The number of benzene rings is 2. The Morgan fingerprint density at radius 3 is 2.46 bits per heavy atom. The minimum atomic E-state index is -3.60. The van der Waals surface area contributed by atoms with Gasteiger partial charge in [-0.25, -0.2) is 4.57 Å². The SMILES string of the molecule is Cc1ccc(O[P@](=O)(CC2CC2)Oc2c(C)cccc2[N+](=O)[O-])c(C)c1. The molecule has 1 aliphatic carbocycles. The van der Waals surface area contributed by atoms with Gasteiger partial charge in [0.15, 0.2) is 0 Å². The van der Waals surface area contributed by atoms with Crippen molar-refractivity contribution in [3.8, 4) is 11.5 Å². The standard InChI is InChI=1S/C19H22NO5P/c1-13-7-10-18(15(3)11-13)24-26(23,12-16-8-9-16)25-19-14(2)5-4-6-17(19)20(21)22/h4-7,10-11,16H,8-9,12H2,1-3H3/t26-/m1/s1. The van der Waals surface area contributed by atoms with Crippen molar-refractivity contribution in [3.63, 3.8) is 0 Å². The van der Waals surface area contributed by atoms with Gasteiger partial charge in [-0.15, -0.1) is 0 Å². The molecule has 1 fully saturated rings. The molecule has 0 N–H and O–H groups in total.